The summed E-state index contributed by atoms with van der Waals surface area (Å²) in [7, 11) is -2.77. The van der Waals surface area contributed by atoms with Crippen LogP contribution in [-0.2, 0) is 19.6 Å². The number of carbonyl (C=O) groups excluding carboxylic acids is 1. The molecule has 2 atom stereocenters. The van der Waals surface area contributed by atoms with Gasteiger partial charge in [0.05, 0.1) is 29.7 Å². The number of ether oxygens (including phenoxy) is 1. The molecule has 1 N–H and O–H groups in total. The van der Waals surface area contributed by atoms with Crippen LogP contribution in [0.25, 0.3) is 0 Å². The summed E-state index contributed by atoms with van der Waals surface area (Å²) in [5.41, 5.74) is 0.333. The van der Waals surface area contributed by atoms with Crippen LogP contribution in [0, 0.1) is 11.3 Å². The lowest BCUT2D eigenvalue weighted by Crippen LogP contribution is -2.41. The Morgan fingerprint density at radius 1 is 1.43 bits per heavy atom. The van der Waals surface area contributed by atoms with Gasteiger partial charge in [-0.05, 0) is 24.3 Å². The predicted octanol–water partition coefficient (Wildman–Crippen LogP) is -0.145. The number of rotatable bonds is 3. The quantitative estimate of drug-likeness (QED) is 0.778. The van der Waals surface area contributed by atoms with Gasteiger partial charge in [0.1, 0.15) is 6.04 Å². The van der Waals surface area contributed by atoms with Crippen LogP contribution in [0.3, 0.4) is 0 Å². The number of methoxy groups -OCH3 is 1. The highest BCUT2D eigenvalue weighted by atomic mass is 32.2. The van der Waals surface area contributed by atoms with E-state index in [2.05, 4.69) is 4.74 Å². The maximum atomic E-state index is 12.5. The van der Waals surface area contributed by atoms with E-state index < -0.39 is 28.1 Å². The van der Waals surface area contributed by atoms with E-state index >= 15 is 0 Å². The second-order valence-electron chi connectivity index (χ2n) is 4.64. The second kappa shape index (κ2) is 5.81. The van der Waals surface area contributed by atoms with Crippen LogP contribution in [0.15, 0.2) is 29.2 Å². The third-order valence-corrected chi connectivity index (χ3v) is 5.19. The van der Waals surface area contributed by atoms with E-state index in [1.807, 2.05) is 6.07 Å². The first-order valence-corrected chi connectivity index (χ1v) is 7.62. The maximum absolute atomic E-state index is 12.5. The lowest BCUT2D eigenvalue weighted by Gasteiger charge is -2.21. The Kier molecular flexibility index (Phi) is 4.27. The molecule has 1 fully saturated rings. The minimum atomic E-state index is -3.94. The van der Waals surface area contributed by atoms with Crippen molar-refractivity contribution in [3.05, 3.63) is 29.8 Å². The number of hydrogen-bond donors (Lipinski definition) is 1. The van der Waals surface area contributed by atoms with E-state index in [0.29, 0.717) is 5.56 Å². The molecule has 1 saturated heterocycles. The van der Waals surface area contributed by atoms with Crippen LogP contribution >= 0.6 is 0 Å². The molecule has 0 amide bonds. The van der Waals surface area contributed by atoms with Gasteiger partial charge in [-0.2, -0.15) is 9.57 Å². The van der Waals surface area contributed by atoms with Gasteiger partial charge in [-0.25, -0.2) is 8.42 Å². The smallest absolute Gasteiger partial charge is 0.324 e. The van der Waals surface area contributed by atoms with E-state index in [-0.39, 0.29) is 17.9 Å². The highest BCUT2D eigenvalue weighted by molar-refractivity contribution is 7.89. The highest BCUT2D eigenvalue weighted by Gasteiger charge is 2.44. The molecule has 2 unspecified atom stereocenters. The summed E-state index contributed by atoms with van der Waals surface area (Å²) in [5.74, 6) is -0.705. The lowest BCUT2D eigenvalue weighted by molar-refractivity contribution is -0.144. The predicted molar refractivity (Wildman–Crippen MR) is 71.5 cm³/mol. The van der Waals surface area contributed by atoms with Gasteiger partial charge in [-0.3, -0.25) is 4.79 Å². The van der Waals surface area contributed by atoms with E-state index in [1.165, 1.54) is 31.4 Å². The number of nitriles is 1. The number of hydrogen-bond acceptors (Lipinski definition) is 6. The molecule has 1 aromatic carbocycles. The minimum absolute atomic E-state index is 0.00217. The fourth-order valence-electron chi connectivity index (χ4n) is 2.24. The molecule has 1 aliphatic rings. The molecular weight excluding hydrogens is 296 g/mol. The normalized spacial score (nSPS) is 22.7. The van der Waals surface area contributed by atoms with Crippen molar-refractivity contribution in [2.45, 2.75) is 23.5 Å². The number of aliphatic hydroxyl groups is 1. The number of sulfonamides is 1. The molecule has 112 valence electrons. The van der Waals surface area contributed by atoms with Gasteiger partial charge in [-0.15, -0.1) is 0 Å². The summed E-state index contributed by atoms with van der Waals surface area (Å²) in [5, 5.41) is 18.4. The Morgan fingerprint density at radius 2 is 2.05 bits per heavy atom. The Labute approximate surface area is 122 Å². The first kappa shape index (κ1) is 15.4. The molecule has 7 nitrogen and oxygen atoms in total. The van der Waals surface area contributed by atoms with Crippen LogP contribution in [0.1, 0.15) is 12.0 Å². The Morgan fingerprint density at radius 3 is 2.57 bits per heavy atom. The zero-order valence-electron chi connectivity index (χ0n) is 11.3. The average Bonchev–Trinajstić information content (AvgIpc) is 2.89. The topological polar surface area (TPSA) is 108 Å². The fourth-order valence-corrected chi connectivity index (χ4v) is 3.86. The molecule has 1 aromatic rings. The Hall–Kier alpha value is -1.95. The van der Waals surface area contributed by atoms with Crippen LogP contribution in [0.4, 0.5) is 0 Å². The third kappa shape index (κ3) is 2.90. The molecule has 0 aliphatic carbocycles. The number of carbonyl (C=O) groups is 1. The van der Waals surface area contributed by atoms with Crippen molar-refractivity contribution in [1.82, 2.24) is 4.31 Å². The van der Waals surface area contributed by atoms with Gasteiger partial charge in [0.25, 0.3) is 0 Å². The third-order valence-electron chi connectivity index (χ3n) is 3.30. The minimum Gasteiger partial charge on any atom is -0.468 e. The van der Waals surface area contributed by atoms with Crippen LogP contribution in [-0.4, -0.2) is 49.6 Å². The van der Waals surface area contributed by atoms with Crippen LogP contribution < -0.4 is 0 Å². The number of β-amino-alcohol motifs (C(OH)–C–C–N with tert-alkyl or cyclic N) is 1. The van der Waals surface area contributed by atoms with Crippen molar-refractivity contribution < 1.29 is 23.1 Å². The number of benzene rings is 1. The largest absolute Gasteiger partial charge is 0.468 e. The Bertz CT molecular complexity index is 678. The number of esters is 1. The average molecular weight is 310 g/mol. The molecular formula is C13H14N2O5S. The first-order chi connectivity index (χ1) is 9.90. The van der Waals surface area contributed by atoms with Gasteiger partial charge in [0, 0.05) is 13.0 Å². The van der Waals surface area contributed by atoms with Gasteiger partial charge < -0.3 is 9.84 Å². The molecule has 8 heteroatoms. The molecule has 21 heavy (non-hydrogen) atoms. The summed E-state index contributed by atoms with van der Waals surface area (Å²) in [6.07, 6.45) is -0.912. The molecule has 0 spiro atoms. The monoisotopic (exact) mass is 310 g/mol. The van der Waals surface area contributed by atoms with Crippen molar-refractivity contribution in [1.29, 1.82) is 5.26 Å². The summed E-state index contributed by atoms with van der Waals surface area (Å²) >= 11 is 0. The Balaban J connectivity index is 2.37. The van der Waals surface area contributed by atoms with Crippen LogP contribution in [0.5, 0.6) is 0 Å². The molecule has 0 aromatic heterocycles. The standard InChI is InChI=1S/C13H14N2O5S/c1-20-13(17)12-6-10(16)8-15(12)21(18,19)11-4-2-9(7-14)3-5-11/h2-5,10,12,16H,6,8H2,1H3. The fraction of sp³-hybridized carbons (Fsp3) is 0.385. The van der Waals surface area contributed by atoms with Crippen LogP contribution in [0.2, 0.25) is 0 Å². The SMILES string of the molecule is COC(=O)C1CC(O)CN1S(=O)(=O)c1ccc(C#N)cc1. The molecule has 1 heterocycles. The molecule has 2 rings (SSSR count). The molecule has 0 radical (unpaired) electrons. The van der Waals surface area contributed by atoms with E-state index in [4.69, 9.17) is 5.26 Å². The van der Waals surface area contributed by atoms with Gasteiger partial charge in [0.15, 0.2) is 0 Å². The van der Waals surface area contributed by atoms with Crippen molar-refractivity contribution >= 4 is 16.0 Å². The number of aliphatic hydroxyl groups excluding tert-OH is 1. The number of nitrogens with zero attached hydrogens (tertiary/aromatic N) is 2. The lowest BCUT2D eigenvalue weighted by atomic mass is 10.2. The summed E-state index contributed by atoms with van der Waals surface area (Å²) < 4.78 is 30.6. The van der Waals surface area contributed by atoms with Crippen molar-refractivity contribution in [3.63, 3.8) is 0 Å². The zero-order chi connectivity index (χ0) is 15.6. The zero-order valence-corrected chi connectivity index (χ0v) is 12.1. The van der Waals surface area contributed by atoms with Gasteiger partial charge in [-0.1, -0.05) is 0 Å². The molecule has 1 aliphatic heterocycles. The van der Waals surface area contributed by atoms with Crippen molar-refractivity contribution in [2.75, 3.05) is 13.7 Å². The van der Waals surface area contributed by atoms with Crippen molar-refractivity contribution in [2.24, 2.45) is 0 Å². The maximum Gasteiger partial charge on any atom is 0.324 e. The summed E-state index contributed by atoms with van der Waals surface area (Å²) in [6, 6.07) is 6.22. The second-order valence-corrected chi connectivity index (χ2v) is 6.53. The summed E-state index contributed by atoms with van der Waals surface area (Å²) in [4.78, 5) is 11.6. The first-order valence-electron chi connectivity index (χ1n) is 6.18. The highest BCUT2D eigenvalue weighted by Crippen LogP contribution is 2.27. The molecule has 0 saturated carbocycles. The molecule has 0 bridgehead atoms. The summed E-state index contributed by atoms with van der Waals surface area (Å²) in [6.45, 7) is -0.165. The van der Waals surface area contributed by atoms with Gasteiger partial charge >= 0.3 is 5.97 Å². The van der Waals surface area contributed by atoms with E-state index in [1.54, 1.807) is 0 Å². The van der Waals surface area contributed by atoms with Gasteiger partial charge in [0.2, 0.25) is 10.0 Å². The van der Waals surface area contributed by atoms with Crippen molar-refractivity contribution in [3.8, 4) is 6.07 Å². The van der Waals surface area contributed by atoms with E-state index in [0.717, 1.165) is 4.31 Å². The van der Waals surface area contributed by atoms with E-state index in [9.17, 15) is 18.3 Å².